The van der Waals surface area contributed by atoms with Crippen LogP contribution < -0.4 is 16.4 Å². The summed E-state index contributed by atoms with van der Waals surface area (Å²) in [7, 11) is 0. The summed E-state index contributed by atoms with van der Waals surface area (Å²) in [5.74, 6) is -0.317. The molecule has 1 atom stereocenters. The molecule has 4 N–H and O–H groups in total. The van der Waals surface area contributed by atoms with Gasteiger partial charge < -0.3 is 16.4 Å². The molecule has 1 aromatic carbocycles. The molecule has 5 nitrogen and oxygen atoms in total. The maximum atomic E-state index is 12.5. The quantitative estimate of drug-likeness (QED) is 0.484. The third kappa shape index (κ3) is 6.36. The molecule has 0 radical (unpaired) electrons. The summed E-state index contributed by atoms with van der Waals surface area (Å²) in [6.07, 6.45) is 10.00. The fourth-order valence-electron chi connectivity index (χ4n) is 3.51. The van der Waals surface area contributed by atoms with Crippen molar-refractivity contribution in [1.29, 1.82) is 0 Å². The number of amides is 2. The van der Waals surface area contributed by atoms with E-state index in [0.29, 0.717) is 16.8 Å². The lowest BCUT2D eigenvalue weighted by Gasteiger charge is -2.23. The van der Waals surface area contributed by atoms with Crippen LogP contribution in [0.1, 0.15) is 92.4 Å². The maximum absolute atomic E-state index is 12.5. The Bertz CT molecular complexity index is 609. The van der Waals surface area contributed by atoms with Crippen LogP contribution in [-0.4, -0.2) is 23.9 Å². The molecule has 2 rings (SSSR count). The molecule has 1 saturated carbocycles. The smallest absolute Gasteiger partial charge is 0.251 e. The van der Waals surface area contributed by atoms with E-state index in [4.69, 9.17) is 5.73 Å². The molecule has 1 aliphatic carbocycles. The number of nitrogen functional groups attached to an aromatic ring is 1. The number of hydrogen-bond donors (Lipinski definition) is 3. The summed E-state index contributed by atoms with van der Waals surface area (Å²) in [4.78, 5) is 25.0. The highest BCUT2D eigenvalue weighted by molar-refractivity contribution is 6.01. The third-order valence-electron chi connectivity index (χ3n) is 5.04. The van der Waals surface area contributed by atoms with Gasteiger partial charge in [0.05, 0.1) is 0 Å². The molecule has 0 spiro atoms. The van der Waals surface area contributed by atoms with Crippen molar-refractivity contribution in [3.05, 3.63) is 29.3 Å². The predicted molar refractivity (Wildman–Crippen MR) is 106 cm³/mol. The predicted octanol–water partition coefficient (Wildman–Crippen LogP) is 4.03. The molecule has 26 heavy (non-hydrogen) atoms. The van der Waals surface area contributed by atoms with Crippen molar-refractivity contribution < 1.29 is 9.59 Å². The molecule has 0 aliphatic heterocycles. The van der Waals surface area contributed by atoms with Gasteiger partial charge in [0.25, 0.3) is 11.8 Å². The molecule has 1 unspecified atom stereocenters. The van der Waals surface area contributed by atoms with Crippen LogP contribution in [0.15, 0.2) is 18.2 Å². The van der Waals surface area contributed by atoms with E-state index < -0.39 is 0 Å². The second kappa shape index (κ2) is 10.2. The first-order valence-corrected chi connectivity index (χ1v) is 10.0. The first-order chi connectivity index (χ1) is 12.5. The van der Waals surface area contributed by atoms with E-state index in [1.165, 1.54) is 12.8 Å². The van der Waals surface area contributed by atoms with Crippen LogP contribution in [0.2, 0.25) is 0 Å². The lowest BCUT2D eigenvalue weighted by molar-refractivity contribution is 0.0927. The van der Waals surface area contributed by atoms with Gasteiger partial charge in [0.2, 0.25) is 0 Å². The van der Waals surface area contributed by atoms with E-state index in [0.717, 1.165) is 44.9 Å². The van der Waals surface area contributed by atoms with Gasteiger partial charge in [-0.15, -0.1) is 0 Å². The molecule has 1 aliphatic rings. The van der Waals surface area contributed by atoms with Gasteiger partial charge in [0.15, 0.2) is 0 Å². The van der Waals surface area contributed by atoms with Gasteiger partial charge >= 0.3 is 0 Å². The van der Waals surface area contributed by atoms with Gasteiger partial charge in [-0.1, -0.05) is 45.4 Å². The van der Waals surface area contributed by atoms with Crippen molar-refractivity contribution in [3.63, 3.8) is 0 Å². The Hall–Kier alpha value is -2.04. The summed E-state index contributed by atoms with van der Waals surface area (Å²) in [6.45, 7) is 4.17. The molecule has 1 fully saturated rings. The number of nitrogens with one attached hydrogen (secondary N) is 2. The van der Waals surface area contributed by atoms with Gasteiger partial charge in [-0.2, -0.15) is 0 Å². The minimum absolute atomic E-state index is 0.106. The summed E-state index contributed by atoms with van der Waals surface area (Å²) in [5, 5.41) is 6.08. The monoisotopic (exact) mass is 359 g/mol. The number of benzene rings is 1. The highest BCUT2D eigenvalue weighted by Gasteiger charge is 2.18. The Labute approximate surface area is 157 Å². The normalized spacial score (nSPS) is 16.1. The number of rotatable bonds is 8. The highest BCUT2D eigenvalue weighted by atomic mass is 16.2. The second-order valence-corrected chi connectivity index (χ2v) is 7.52. The number of nitrogens with two attached hydrogens (primary N) is 1. The van der Waals surface area contributed by atoms with Crippen molar-refractivity contribution in [1.82, 2.24) is 10.6 Å². The van der Waals surface area contributed by atoms with Gasteiger partial charge in [-0.05, 0) is 44.4 Å². The van der Waals surface area contributed by atoms with Crippen molar-refractivity contribution in [2.45, 2.75) is 83.7 Å². The second-order valence-electron chi connectivity index (χ2n) is 7.52. The number of anilines is 1. The average molecular weight is 360 g/mol. The fourth-order valence-corrected chi connectivity index (χ4v) is 3.51. The van der Waals surface area contributed by atoms with Crippen LogP contribution in [0.25, 0.3) is 0 Å². The van der Waals surface area contributed by atoms with E-state index in [1.807, 2.05) is 6.92 Å². The van der Waals surface area contributed by atoms with E-state index in [2.05, 4.69) is 17.6 Å². The molecular weight excluding hydrogens is 326 g/mol. The van der Waals surface area contributed by atoms with E-state index in [1.54, 1.807) is 18.2 Å². The van der Waals surface area contributed by atoms with Crippen LogP contribution >= 0.6 is 0 Å². The Balaban J connectivity index is 1.98. The minimum atomic E-state index is -0.173. The van der Waals surface area contributed by atoms with Crippen LogP contribution in [0, 0.1) is 0 Å². The third-order valence-corrected chi connectivity index (χ3v) is 5.04. The SMILES string of the molecule is CCCCCC(C)NC(=O)c1cc(N)cc(C(=O)NC2CCCCC2)c1. The van der Waals surface area contributed by atoms with Crippen molar-refractivity contribution in [2.24, 2.45) is 0 Å². The minimum Gasteiger partial charge on any atom is -0.399 e. The Morgan fingerprint density at radius 2 is 1.73 bits per heavy atom. The zero-order valence-electron chi connectivity index (χ0n) is 16.1. The molecule has 1 aromatic rings. The lowest BCUT2D eigenvalue weighted by atomic mass is 9.95. The summed E-state index contributed by atoms with van der Waals surface area (Å²) in [5.41, 5.74) is 7.28. The standard InChI is InChI=1S/C21H33N3O2/c1-3-4-6-9-15(2)23-20(25)16-12-17(14-18(22)13-16)21(26)24-19-10-7-5-8-11-19/h12-15,19H,3-11,22H2,1-2H3,(H,23,25)(H,24,26). The van der Waals surface area contributed by atoms with Crippen molar-refractivity contribution in [3.8, 4) is 0 Å². The fraction of sp³-hybridized carbons (Fsp3) is 0.619. The topological polar surface area (TPSA) is 84.2 Å². The van der Waals surface area contributed by atoms with Crippen molar-refractivity contribution >= 4 is 17.5 Å². The lowest BCUT2D eigenvalue weighted by Crippen LogP contribution is -2.36. The molecule has 0 aromatic heterocycles. The zero-order valence-corrected chi connectivity index (χ0v) is 16.1. The summed E-state index contributed by atoms with van der Waals surface area (Å²) < 4.78 is 0. The molecule has 0 saturated heterocycles. The maximum Gasteiger partial charge on any atom is 0.251 e. The van der Waals surface area contributed by atoms with E-state index in [-0.39, 0.29) is 23.9 Å². The largest absolute Gasteiger partial charge is 0.399 e. The summed E-state index contributed by atoms with van der Waals surface area (Å²) >= 11 is 0. The Kier molecular flexibility index (Phi) is 7.95. The first kappa shape index (κ1) is 20.3. The molecule has 5 heteroatoms. The van der Waals surface area contributed by atoms with Crippen LogP contribution in [0.4, 0.5) is 5.69 Å². The van der Waals surface area contributed by atoms with E-state index in [9.17, 15) is 9.59 Å². The molecule has 144 valence electrons. The van der Waals surface area contributed by atoms with Crippen LogP contribution in [0.3, 0.4) is 0 Å². The van der Waals surface area contributed by atoms with Crippen LogP contribution in [0.5, 0.6) is 0 Å². The van der Waals surface area contributed by atoms with Crippen molar-refractivity contribution in [2.75, 3.05) is 5.73 Å². The number of unbranched alkanes of at least 4 members (excludes halogenated alkanes) is 2. The van der Waals surface area contributed by atoms with Gasteiger partial charge in [-0.3, -0.25) is 9.59 Å². The molecule has 2 amide bonds. The zero-order chi connectivity index (χ0) is 18.9. The van der Waals surface area contributed by atoms with Crippen LogP contribution in [-0.2, 0) is 0 Å². The number of carbonyl (C=O) groups excluding carboxylic acids is 2. The Morgan fingerprint density at radius 3 is 2.38 bits per heavy atom. The number of hydrogen-bond acceptors (Lipinski definition) is 3. The molecular formula is C21H33N3O2. The number of carbonyl (C=O) groups is 2. The average Bonchev–Trinajstić information content (AvgIpc) is 2.62. The van der Waals surface area contributed by atoms with Gasteiger partial charge in [-0.25, -0.2) is 0 Å². The highest BCUT2D eigenvalue weighted by Crippen LogP contribution is 2.19. The van der Waals surface area contributed by atoms with Gasteiger partial charge in [0, 0.05) is 28.9 Å². The van der Waals surface area contributed by atoms with E-state index >= 15 is 0 Å². The Morgan fingerprint density at radius 1 is 1.08 bits per heavy atom. The first-order valence-electron chi connectivity index (χ1n) is 10.0. The summed E-state index contributed by atoms with van der Waals surface area (Å²) in [6, 6.07) is 5.25. The molecule has 0 bridgehead atoms. The van der Waals surface area contributed by atoms with Gasteiger partial charge in [0.1, 0.15) is 0 Å². The molecule has 0 heterocycles.